The molecule has 6 heteroatoms. The highest BCUT2D eigenvalue weighted by molar-refractivity contribution is 6.06. The van der Waals surface area contributed by atoms with E-state index in [4.69, 9.17) is 9.47 Å². The second-order valence-electron chi connectivity index (χ2n) is 5.34. The van der Waals surface area contributed by atoms with Crippen molar-refractivity contribution in [2.24, 2.45) is 0 Å². The Morgan fingerprint density at radius 3 is 2.40 bits per heavy atom. The summed E-state index contributed by atoms with van der Waals surface area (Å²) in [4.78, 5) is 23.9. The van der Waals surface area contributed by atoms with E-state index < -0.39 is 0 Å². The molecule has 0 saturated heterocycles. The van der Waals surface area contributed by atoms with Crippen molar-refractivity contribution in [2.45, 2.75) is 6.42 Å². The number of ether oxygens (including phenoxy) is 2. The van der Waals surface area contributed by atoms with Crippen LogP contribution in [0, 0.1) is 0 Å². The van der Waals surface area contributed by atoms with E-state index in [0.717, 1.165) is 5.56 Å². The maximum atomic E-state index is 12.5. The van der Waals surface area contributed by atoms with E-state index >= 15 is 0 Å². The number of rotatable bonds is 8. The van der Waals surface area contributed by atoms with Crippen LogP contribution in [0.2, 0.25) is 0 Å². The molecular formula is C19H22N2O4. The number of methoxy groups -OCH3 is 1. The molecule has 2 amide bonds. The Kier molecular flexibility index (Phi) is 6.98. The molecule has 0 aliphatic heterocycles. The molecule has 0 spiro atoms. The SMILES string of the molecule is CNC(=O)Cc1ccc(NC(=O)c2ccccc2OCCOC)cc1. The van der Waals surface area contributed by atoms with Crippen LogP contribution in [-0.4, -0.2) is 39.2 Å². The van der Waals surface area contributed by atoms with Crippen LogP contribution in [0.1, 0.15) is 15.9 Å². The van der Waals surface area contributed by atoms with Crippen LogP contribution in [0.15, 0.2) is 48.5 Å². The Labute approximate surface area is 147 Å². The first-order valence-electron chi connectivity index (χ1n) is 7.95. The number of nitrogens with one attached hydrogen (secondary N) is 2. The molecule has 0 saturated carbocycles. The Bertz CT molecular complexity index is 714. The molecule has 132 valence electrons. The highest BCUT2D eigenvalue weighted by Gasteiger charge is 2.12. The summed E-state index contributed by atoms with van der Waals surface area (Å²) in [6.45, 7) is 0.817. The zero-order chi connectivity index (χ0) is 18.1. The lowest BCUT2D eigenvalue weighted by atomic mass is 10.1. The molecule has 2 rings (SSSR count). The van der Waals surface area contributed by atoms with Gasteiger partial charge in [0.25, 0.3) is 5.91 Å². The fourth-order valence-corrected chi connectivity index (χ4v) is 2.19. The largest absolute Gasteiger partial charge is 0.490 e. The van der Waals surface area contributed by atoms with Crippen molar-refractivity contribution in [3.05, 3.63) is 59.7 Å². The molecule has 2 N–H and O–H groups in total. The average molecular weight is 342 g/mol. The summed E-state index contributed by atoms with van der Waals surface area (Å²) in [7, 11) is 3.19. The van der Waals surface area contributed by atoms with Gasteiger partial charge in [0.15, 0.2) is 0 Å². The molecule has 0 unspecified atom stereocenters. The summed E-state index contributed by atoms with van der Waals surface area (Å²) in [5, 5.41) is 5.41. The third kappa shape index (κ3) is 5.61. The van der Waals surface area contributed by atoms with Crippen LogP contribution in [0.4, 0.5) is 5.69 Å². The molecule has 0 aliphatic carbocycles. The van der Waals surface area contributed by atoms with Gasteiger partial charge < -0.3 is 20.1 Å². The lowest BCUT2D eigenvalue weighted by Crippen LogP contribution is -2.19. The number of amides is 2. The van der Waals surface area contributed by atoms with E-state index in [0.29, 0.717) is 36.6 Å². The van der Waals surface area contributed by atoms with Gasteiger partial charge in [-0.25, -0.2) is 0 Å². The molecule has 25 heavy (non-hydrogen) atoms. The first-order valence-corrected chi connectivity index (χ1v) is 7.95. The van der Waals surface area contributed by atoms with Crippen molar-refractivity contribution < 1.29 is 19.1 Å². The van der Waals surface area contributed by atoms with Crippen LogP contribution in [0.3, 0.4) is 0 Å². The van der Waals surface area contributed by atoms with E-state index in [-0.39, 0.29) is 11.8 Å². The first-order chi connectivity index (χ1) is 12.1. The van der Waals surface area contributed by atoms with Crippen molar-refractivity contribution in [2.75, 3.05) is 32.7 Å². The van der Waals surface area contributed by atoms with Crippen molar-refractivity contribution in [3.8, 4) is 5.75 Å². The minimum absolute atomic E-state index is 0.0566. The molecule has 2 aromatic carbocycles. The number of anilines is 1. The summed E-state index contributed by atoms with van der Waals surface area (Å²) >= 11 is 0. The molecule has 0 radical (unpaired) electrons. The third-order valence-corrected chi connectivity index (χ3v) is 3.53. The van der Waals surface area contributed by atoms with Crippen LogP contribution < -0.4 is 15.4 Å². The first kappa shape index (κ1) is 18.5. The normalized spacial score (nSPS) is 10.2. The number of hydrogen-bond donors (Lipinski definition) is 2. The number of hydrogen-bond acceptors (Lipinski definition) is 4. The topological polar surface area (TPSA) is 76.7 Å². The van der Waals surface area contributed by atoms with Gasteiger partial charge >= 0.3 is 0 Å². The van der Waals surface area contributed by atoms with Crippen molar-refractivity contribution >= 4 is 17.5 Å². The van der Waals surface area contributed by atoms with Crippen LogP contribution >= 0.6 is 0 Å². The molecule has 0 aliphatic rings. The van der Waals surface area contributed by atoms with Gasteiger partial charge in [0.2, 0.25) is 5.91 Å². The zero-order valence-electron chi connectivity index (χ0n) is 14.4. The van der Waals surface area contributed by atoms with Gasteiger partial charge in [0.05, 0.1) is 18.6 Å². The predicted molar refractivity (Wildman–Crippen MR) is 96.0 cm³/mol. The second kappa shape index (κ2) is 9.44. The monoisotopic (exact) mass is 342 g/mol. The van der Waals surface area contributed by atoms with Gasteiger partial charge in [-0.2, -0.15) is 0 Å². The lowest BCUT2D eigenvalue weighted by Gasteiger charge is -2.11. The Balaban J connectivity index is 2.03. The Hall–Kier alpha value is -2.86. The van der Waals surface area contributed by atoms with Gasteiger partial charge in [0.1, 0.15) is 12.4 Å². The average Bonchev–Trinajstić information content (AvgIpc) is 2.64. The summed E-state index contributed by atoms with van der Waals surface area (Å²) < 4.78 is 10.5. The molecule has 0 heterocycles. The quantitative estimate of drug-likeness (QED) is 0.722. The molecular weight excluding hydrogens is 320 g/mol. The van der Waals surface area contributed by atoms with Crippen LogP contribution in [-0.2, 0) is 16.0 Å². The Morgan fingerprint density at radius 1 is 1.00 bits per heavy atom. The fraction of sp³-hybridized carbons (Fsp3) is 0.263. The number of benzene rings is 2. The number of para-hydroxylation sites is 1. The lowest BCUT2D eigenvalue weighted by molar-refractivity contribution is -0.119. The van der Waals surface area contributed by atoms with Crippen molar-refractivity contribution in [1.82, 2.24) is 5.32 Å². The second-order valence-corrected chi connectivity index (χ2v) is 5.34. The number of likely N-dealkylation sites (N-methyl/N-ethyl adjacent to an activating group) is 1. The molecule has 0 fully saturated rings. The van der Waals surface area contributed by atoms with Gasteiger partial charge in [-0.3, -0.25) is 9.59 Å². The number of carbonyl (C=O) groups is 2. The third-order valence-electron chi connectivity index (χ3n) is 3.53. The van der Waals surface area contributed by atoms with Gasteiger partial charge in [-0.1, -0.05) is 24.3 Å². The van der Waals surface area contributed by atoms with Crippen LogP contribution in [0.5, 0.6) is 5.75 Å². The minimum Gasteiger partial charge on any atom is -0.490 e. The van der Waals surface area contributed by atoms with E-state index in [9.17, 15) is 9.59 Å². The molecule has 0 bridgehead atoms. The van der Waals surface area contributed by atoms with E-state index in [1.165, 1.54) is 0 Å². The summed E-state index contributed by atoms with van der Waals surface area (Å²) in [5.74, 6) is 0.194. The maximum absolute atomic E-state index is 12.5. The minimum atomic E-state index is -0.257. The van der Waals surface area contributed by atoms with E-state index in [1.807, 2.05) is 18.2 Å². The smallest absolute Gasteiger partial charge is 0.259 e. The maximum Gasteiger partial charge on any atom is 0.259 e. The van der Waals surface area contributed by atoms with Gasteiger partial charge in [0, 0.05) is 19.8 Å². The molecule has 2 aromatic rings. The highest BCUT2D eigenvalue weighted by atomic mass is 16.5. The zero-order valence-corrected chi connectivity index (χ0v) is 14.4. The van der Waals surface area contributed by atoms with E-state index in [1.54, 1.807) is 44.5 Å². The fourth-order valence-electron chi connectivity index (χ4n) is 2.19. The molecule has 0 atom stereocenters. The van der Waals surface area contributed by atoms with Gasteiger partial charge in [-0.15, -0.1) is 0 Å². The summed E-state index contributed by atoms with van der Waals surface area (Å²) in [6, 6.07) is 14.2. The predicted octanol–water partition coefficient (Wildman–Crippen LogP) is 2.25. The van der Waals surface area contributed by atoms with Crippen molar-refractivity contribution in [3.63, 3.8) is 0 Å². The molecule has 0 aromatic heterocycles. The van der Waals surface area contributed by atoms with Gasteiger partial charge in [-0.05, 0) is 29.8 Å². The number of carbonyl (C=O) groups excluding carboxylic acids is 2. The van der Waals surface area contributed by atoms with E-state index in [2.05, 4.69) is 10.6 Å². The molecule has 6 nitrogen and oxygen atoms in total. The summed E-state index contributed by atoms with van der Waals surface area (Å²) in [6.07, 6.45) is 0.306. The highest BCUT2D eigenvalue weighted by Crippen LogP contribution is 2.20. The van der Waals surface area contributed by atoms with Crippen molar-refractivity contribution in [1.29, 1.82) is 0 Å². The summed E-state index contributed by atoms with van der Waals surface area (Å²) in [5.41, 5.74) is 1.98. The standard InChI is InChI=1S/C19H22N2O4/c1-20-18(22)13-14-7-9-15(10-8-14)21-19(23)16-5-3-4-6-17(16)25-12-11-24-2/h3-10H,11-13H2,1-2H3,(H,20,22)(H,21,23). The van der Waals surface area contributed by atoms with Crippen LogP contribution in [0.25, 0.3) is 0 Å². The Morgan fingerprint density at radius 2 is 1.72 bits per heavy atom.